The van der Waals surface area contributed by atoms with E-state index in [-0.39, 0.29) is 5.91 Å². The Labute approximate surface area is 158 Å². The van der Waals surface area contributed by atoms with Gasteiger partial charge in [0.2, 0.25) is 5.91 Å². The van der Waals surface area contributed by atoms with Crippen LogP contribution in [0.25, 0.3) is 0 Å². The third-order valence-corrected chi connectivity index (χ3v) is 5.36. The molecule has 0 radical (unpaired) electrons. The van der Waals surface area contributed by atoms with Gasteiger partial charge < -0.3 is 4.90 Å². The van der Waals surface area contributed by atoms with Gasteiger partial charge >= 0.3 is 0 Å². The molecule has 1 aromatic rings. The fraction of sp³-hybridized carbons (Fsp3) is 0.619. The summed E-state index contributed by atoms with van der Waals surface area (Å²) in [6.45, 7) is 13.0. The van der Waals surface area contributed by atoms with Crippen molar-refractivity contribution in [3.05, 3.63) is 35.4 Å². The molecule has 1 heterocycles. The van der Waals surface area contributed by atoms with Crippen LogP contribution in [0.1, 0.15) is 44.7 Å². The molecular weight excluding hydrogens is 324 g/mol. The van der Waals surface area contributed by atoms with E-state index in [0.29, 0.717) is 12.5 Å². The molecule has 0 unspecified atom stereocenters. The fourth-order valence-corrected chi connectivity index (χ4v) is 3.06. The third kappa shape index (κ3) is 5.30. The number of likely N-dealkylation sites (N-methyl/N-ethyl adjacent to an activating group) is 1. The third-order valence-electron chi connectivity index (χ3n) is 5.36. The number of piperazine rings is 1. The summed E-state index contributed by atoms with van der Waals surface area (Å²) in [6.07, 6.45) is 0. The Morgan fingerprint density at radius 2 is 1.69 bits per heavy atom. The van der Waals surface area contributed by atoms with Crippen molar-refractivity contribution < 1.29 is 4.79 Å². The molecule has 142 valence electrons. The van der Waals surface area contributed by atoms with Crippen molar-refractivity contribution in [3.8, 4) is 6.07 Å². The van der Waals surface area contributed by atoms with E-state index >= 15 is 0 Å². The molecule has 0 aromatic heterocycles. The van der Waals surface area contributed by atoms with E-state index in [2.05, 4.69) is 54.0 Å². The minimum absolute atomic E-state index is 0.00859. The molecule has 0 spiro atoms. The molecule has 5 nitrogen and oxygen atoms in total. The molecule has 0 atom stereocenters. The van der Waals surface area contributed by atoms with Crippen LogP contribution in [0.15, 0.2) is 24.3 Å². The maximum absolute atomic E-state index is 12.4. The Balaban J connectivity index is 1.80. The van der Waals surface area contributed by atoms with Gasteiger partial charge in [0.1, 0.15) is 5.54 Å². The van der Waals surface area contributed by atoms with Crippen molar-refractivity contribution in [2.75, 3.05) is 39.8 Å². The summed E-state index contributed by atoms with van der Waals surface area (Å²) in [4.78, 5) is 18.6. The summed E-state index contributed by atoms with van der Waals surface area (Å²) in [6, 6.07) is 11.1. The van der Waals surface area contributed by atoms with Crippen LogP contribution >= 0.6 is 0 Å². The average Bonchev–Trinajstić information content (AvgIpc) is 2.63. The topological polar surface area (TPSA) is 50.6 Å². The van der Waals surface area contributed by atoms with E-state index in [1.165, 1.54) is 11.1 Å². The maximum atomic E-state index is 12.4. The average molecular weight is 357 g/mol. The summed E-state index contributed by atoms with van der Waals surface area (Å²) >= 11 is 0. The highest BCUT2D eigenvalue weighted by Gasteiger charge is 2.29. The van der Waals surface area contributed by atoms with E-state index in [1.807, 2.05) is 0 Å². The van der Waals surface area contributed by atoms with Crippen molar-refractivity contribution in [1.82, 2.24) is 14.7 Å². The van der Waals surface area contributed by atoms with Crippen LogP contribution in [0, 0.1) is 11.3 Å². The molecule has 0 aliphatic carbocycles. The van der Waals surface area contributed by atoms with E-state index in [1.54, 1.807) is 25.8 Å². The van der Waals surface area contributed by atoms with Gasteiger partial charge in [-0.25, -0.2) is 0 Å². The molecule has 26 heavy (non-hydrogen) atoms. The van der Waals surface area contributed by atoms with Gasteiger partial charge in [0.15, 0.2) is 0 Å². The fourth-order valence-electron chi connectivity index (χ4n) is 3.06. The van der Waals surface area contributed by atoms with Crippen LogP contribution in [0.2, 0.25) is 0 Å². The second-order valence-electron chi connectivity index (χ2n) is 8.07. The highest BCUT2D eigenvalue weighted by atomic mass is 16.2. The molecule has 0 saturated carbocycles. The van der Waals surface area contributed by atoms with Crippen molar-refractivity contribution in [2.45, 2.75) is 45.7 Å². The lowest BCUT2D eigenvalue weighted by atomic mass is 10.0. The van der Waals surface area contributed by atoms with E-state index in [4.69, 9.17) is 0 Å². The molecule has 0 N–H and O–H groups in total. The lowest BCUT2D eigenvalue weighted by Gasteiger charge is -2.36. The van der Waals surface area contributed by atoms with Crippen LogP contribution < -0.4 is 0 Å². The van der Waals surface area contributed by atoms with E-state index in [9.17, 15) is 10.1 Å². The summed E-state index contributed by atoms with van der Waals surface area (Å²) < 4.78 is 0. The molecule has 1 amide bonds. The molecule has 5 heteroatoms. The Hall–Kier alpha value is -1.90. The first-order chi connectivity index (χ1) is 12.2. The second-order valence-corrected chi connectivity index (χ2v) is 8.07. The lowest BCUT2D eigenvalue weighted by Crippen LogP contribution is -2.52. The number of nitrogens with zero attached hydrogens (tertiary/aromatic N) is 4. The van der Waals surface area contributed by atoms with Gasteiger partial charge in [-0.05, 0) is 30.9 Å². The van der Waals surface area contributed by atoms with Gasteiger partial charge in [-0.2, -0.15) is 5.26 Å². The first kappa shape index (κ1) is 20.4. The summed E-state index contributed by atoms with van der Waals surface area (Å²) in [5, 5.41) is 9.18. The summed E-state index contributed by atoms with van der Waals surface area (Å²) in [5.74, 6) is 0.573. The number of amides is 1. The lowest BCUT2D eigenvalue weighted by molar-refractivity contribution is -0.134. The second kappa shape index (κ2) is 8.66. The molecule has 1 aliphatic heterocycles. The molecule has 0 bridgehead atoms. The molecule has 1 aromatic carbocycles. The number of hydrogen-bond donors (Lipinski definition) is 0. The minimum atomic E-state index is -0.763. The molecular formula is C21H32N4O. The van der Waals surface area contributed by atoms with E-state index < -0.39 is 5.54 Å². The molecule has 1 aliphatic rings. The van der Waals surface area contributed by atoms with Crippen molar-refractivity contribution in [1.29, 1.82) is 5.26 Å². The zero-order valence-electron chi connectivity index (χ0n) is 16.8. The van der Waals surface area contributed by atoms with Crippen LogP contribution in [-0.4, -0.2) is 65.9 Å². The van der Waals surface area contributed by atoms with Gasteiger partial charge in [-0.1, -0.05) is 38.1 Å². The van der Waals surface area contributed by atoms with Crippen LogP contribution in [0.5, 0.6) is 0 Å². The van der Waals surface area contributed by atoms with E-state index in [0.717, 1.165) is 32.7 Å². The summed E-state index contributed by atoms with van der Waals surface area (Å²) in [5.41, 5.74) is 1.96. The van der Waals surface area contributed by atoms with Crippen molar-refractivity contribution in [2.24, 2.45) is 0 Å². The number of hydrogen-bond acceptors (Lipinski definition) is 4. The SMILES string of the molecule is CC(C)c1ccc(CN2CCN(CC(=O)N(C)C(C)(C)C#N)CC2)cc1. The number of benzene rings is 1. The minimum Gasteiger partial charge on any atom is -0.326 e. The number of rotatable bonds is 6. The van der Waals surface area contributed by atoms with Gasteiger partial charge in [-0.3, -0.25) is 14.6 Å². The highest BCUT2D eigenvalue weighted by Crippen LogP contribution is 2.16. The molecule has 1 saturated heterocycles. The zero-order valence-corrected chi connectivity index (χ0v) is 16.8. The Morgan fingerprint density at radius 1 is 1.15 bits per heavy atom. The number of nitriles is 1. The molecule has 1 fully saturated rings. The van der Waals surface area contributed by atoms with Gasteiger partial charge in [0, 0.05) is 39.8 Å². The predicted molar refractivity (Wildman–Crippen MR) is 105 cm³/mol. The highest BCUT2D eigenvalue weighted by molar-refractivity contribution is 5.79. The Bertz CT molecular complexity index is 637. The van der Waals surface area contributed by atoms with Crippen LogP contribution in [0.4, 0.5) is 0 Å². The number of carbonyl (C=O) groups excluding carboxylic acids is 1. The predicted octanol–water partition coefficient (Wildman–Crippen LogP) is 2.69. The van der Waals surface area contributed by atoms with Gasteiger partial charge in [-0.15, -0.1) is 0 Å². The van der Waals surface area contributed by atoms with Gasteiger partial charge in [0.25, 0.3) is 0 Å². The quantitative estimate of drug-likeness (QED) is 0.786. The summed E-state index contributed by atoms with van der Waals surface area (Å²) in [7, 11) is 1.71. The smallest absolute Gasteiger partial charge is 0.237 e. The largest absolute Gasteiger partial charge is 0.326 e. The zero-order chi connectivity index (χ0) is 19.3. The van der Waals surface area contributed by atoms with Gasteiger partial charge in [0.05, 0.1) is 12.6 Å². The number of carbonyl (C=O) groups is 1. The van der Waals surface area contributed by atoms with Crippen molar-refractivity contribution in [3.63, 3.8) is 0 Å². The monoisotopic (exact) mass is 356 g/mol. The first-order valence-electron chi connectivity index (χ1n) is 9.44. The maximum Gasteiger partial charge on any atom is 0.237 e. The Morgan fingerprint density at radius 3 is 2.19 bits per heavy atom. The molecule has 2 rings (SSSR count). The first-order valence-corrected chi connectivity index (χ1v) is 9.44. The van der Waals surface area contributed by atoms with Crippen LogP contribution in [0.3, 0.4) is 0 Å². The Kier molecular flexibility index (Phi) is 6.80. The standard InChI is InChI=1S/C21H32N4O/c1-17(2)19-8-6-18(7-9-19)14-24-10-12-25(13-11-24)15-20(26)23(5)21(3,4)16-22/h6-9,17H,10-15H2,1-5H3. The normalized spacial score (nSPS) is 16.5. The van der Waals surface area contributed by atoms with Crippen molar-refractivity contribution >= 4 is 5.91 Å². The van der Waals surface area contributed by atoms with Crippen LogP contribution in [-0.2, 0) is 11.3 Å².